The normalized spacial score (nSPS) is 10.3. The molecule has 0 aromatic heterocycles. The van der Waals surface area contributed by atoms with Crippen molar-refractivity contribution in [2.75, 3.05) is 5.32 Å². The lowest BCUT2D eigenvalue weighted by Gasteiger charge is -2.08. The van der Waals surface area contributed by atoms with Gasteiger partial charge < -0.3 is 5.32 Å². The molecule has 0 aliphatic rings. The second kappa shape index (κ2) is 5.63. The third-order valence-electron chi connectivity index (χ3n) is 2.34. The molecule has 0 aliphatic heterocycles. The Labute approximate surface area is 115 Å². The standard InChI is InChI=1S/C13H10Cl3N/c14-10-6-5-9(7-12(10)16)8-17-13-4-2-1-3-11(13)15/h1-7,17H,8H2. The molecule has 0 saturated heterocycles. The first-order valence-electron chi connectivity index (χ1n) is 5.09. The zero-order chi connectivity index (χ0) is 12.3. The molecule has 17 heavy (non-hydrogen) atoms. The van der Waals surface area contributed by atoms with Gasteiger partial charge in [0.25, 0.3) is 0 Å². The summed E-state index contributed by atoms with van der Waals surface area (Å²) < 4.78 is 0. The van der Waals surface area contributed by atoms with E-state index < -0.39 is 0 Å². The van der Waals surface area contributed by atoms with E-state index in [2.05, 4.69) is 5.32 Å². The molecule has 0 radical (unpaired) electrons. The van der Waals surface area contributed by atoms with E-state index in [-0.39, 0.29) is 0 Å². The van der Waals surface area contributed by atoms with Gasteiger partial charge in [-0.25, -0.2) is 0 Å². The van der Waals surface area contributed by atoms with Crippen molar-refractivity contribution < 1.29 is 0 Å². The van der Waals surface area contributed by atoms with Crippen molar-refractivity contribution in [1.82, 2.24) is 0 Å². The van der Waals surface area contributed by atoms with E-state index in [1.54, 1.807) is 6.07 Å². The Kier molecular flexibility index (Phi) is 4.16. The number of halogens is 3. The van der Waals surface area contributed by atoms with Crippen molar-refractivity contribution in [3.8, 4) is 0 Å². The van der Waals surface area contributed by atoms with Crippen LogP contribution in [0.15, 0.2) is 42.5 Å². The Morgan fingerprint density at radius 2 is 1.59 bits per heavy atom. The summed E-state index contributed by atoms with van der Waals surface area (Å²) in [6, 6.07) is 13.2. The topological polar surface area (TPSA) is 12.0 Å². The molecule has 0 amide bonds. The number of anilines is 1. The van der Waals surface area contributed by atoms with Crippen molar-refractivity contribution in [1.29, 1.82) is 0 Å². The molecule has 0 bridgehead atoms. The van der Waals surface area contributed by atoms with E-state index in [0.717, 1.165) is 11.3 Å². The second-order valence-electron chi connectivity index (χ2n) is 3.58. The van der Waals surface area contributed by atoms with E-state index >= 15 is 0 Å². The Hall–Kier alpha value is -0.890. The molecule has 0 spiro atoms. The minimum Gasteiger partial charge on any atom is -0.380 e. The predicted octanol–water partition coefficient (Wildman–Crippen LogP) is 5.26. The van der Waals surface area contributed by atoms with Gasteiger partial charge in [0, 0.05) is 6.54 Å². The Bertz CT molecular complexity index is 526. The molecule has 2 aromatic rings. The van der Waals surface area contributed by atoms with Gasteiger partial charge in [0.05, 0.1) is 20.8 Å². The highest BCUT2D eigenvalue weighted by molar-refractivity contribution is 6.42. The monoisotopic (exact) mass is 285 g/mol. The maximum atomic E-state index is 6.04. The van der Waals surface area contributed by atoms with Crippen molar-refractivity contribution in [3.63, 3.8) is 0 Å². The van der Waals surface area contributed by atoms with E-state index in [0.29, 0.717) is 21.6 Å². The Morgan fingerprint density at radius 1 is 0.824 bits per heavy atom. The van der Waals surface area contributed by atoms with Crippen LogP contribution < -0.4 is 5.32 Å². The van der Waals surface area contributed by atoms with Gasteiger partial charge in [0.2, 0.25) is 0 Å². The smallest absolute Gasteiger partial charge is 0.0637 e. The highest BCUT2D eigenvalue weighted by Gasteiger charge is 2.01. The maximum Gasteiger partial charge on any atom is 0.0637 e. The molecule has 0 unspecified atom stereocenters. The molecule has 2 aromatic carbocycles. The molecule has 0 heterocycles. The fraction of sp³-hybridized carbons (Fsp3) is 0.0769. The first-order chi connectivity index (χ1) is 8.16. The summed E-state index contributed by atoms with van der Waals surface area (Å²) in [5, 5.41) is 5.07. The lowest BCUT2D eigenvalue weighted by atomic mass is 10.2. The number of para-hydroxylation sites is 1. The summed E-state index contributed by atoms with van der Waals surface area (Å²) in [7, 11) is 0. The van der Waals surface area contributed by atoms with Crippen molar-refractivity contribution >= 4 is 40.5 Å². The van der Waals surface area contributed by atoms with Crippen LogP contribution in [0.3, 0.4) is 0 Å². The summed E-state index contributed by atoms with van der Waals surface area (Å²) in [6.07, 6.45) is 0. The number of benzene rings is 2. The van der Waals surface area contributed by atoms with E-state index in [1.165, 1.54) is 0 Å². The molecule has 88 valence electrons. The lowest BCUT2D eigenvalue weighted by Crippen LogP contribution is -1.99. The van der Waals surface area contributed by atoms with Crippen LogP contribution in [0, 0.1) is 0 Å². The highest BCUT2D eigenvalue weighted by atomic mass is 35.5. The molecule has 0 saturated carbocycles. The van der Waals surface area contributed by atoms with Crippen LogP contribution in [0.5, 0.6) is 0 Å². The zero-order valence-corrected chi connectivity index (χ0v) is 11.2. The van der Waals surface area contributed by atoms with Crippen LogP contribution in [0.1, 0.15) is 5.56 Å². The summed E-state index contributed by atoms with van der Waals surface area (Å²) in [5.74, 6) is 0. The second-order valence-corrected chi connectivity index (χ2v) is 4.80. The number of hydrogen-bond acceptors (Lipinski definition) is 1. The summed E-state index contributed by atoms with van der Waals surface area (Å²) in [4.78, 5) is 0. The molecular weight excluding hydrogens is 277 g/mol. The first kappa shape index (κ1) is 12.6. The van der Waals surface area contributed by atoms with Crippen LogP contribution in [0.25, 0.3) is 0 Å². The van der Waals surface area contributed by atoms with Gasteiger partial charge in [-0.05, 0) is 29.8 Å². The van der Waals surface area contributed by atoms with Crippen LogP contribution in [-0.4, -0.2) is 0 Å². The van der Waals surface area contributed by atoms with Crippen LogP contribution >= 0.6 is 34.8 Å². The molecule has 0 aliphatic carbocycles. The quantitative estimate of drug-likeness (QED) is 0.811. The molecule has 0 fully saturated rings. The average Bonchev–Trinajstić information content (AvgIpc) is 2.32. The summed E-state index contributed by atoms with van der Waals surface area (Å²) in [5.41, 5.74) is 1.96. The van der Waals surface area contributed by atoms with Crippen molar-refractivity contribution in [3.05, 3.63) is 63.1 Å². The number of hydrogen-bond donors (Lipinski definition) is 1. The van der Waals surface area contributed by atoms with Gasteiger partial charge in [0.1, 0.15) is 0 Å². The fourth-order valence-corrected chi connectivity index (χ4v) is 1.97. The van der Waals surface area contributed by atoms with Crippen LogP contribution in [-0.2, 0) is 6.54 Å². The minimum absolute atomic E-state index is 0.560. The molecule has 1 nitrogen and oxygen atoms in total. The van der Waals surface area contributed by atoms with Gasteiger partial charge >= 0.3 is 0 Å². The maximum absolute atomic E-state index is 6.04. The third-order valence-corrected chi connectivity index (χ3v) is 3.41. The average molecular weight is 287 g/mol. The third kappa shape index (κ3) is 3.29. The van der Waals surface area contributed by atoms with Crippen LogP contribution in [0.4, 0.5) is 5.69 Å². The van der Waals surface area contributed by atoms with Gasteiger partial charge in [0.15, 0.2) is 0 Å². The largest absolute Gasteiger partial charge is 0.380 e. The van der Waals surface area contributed by atoms with E-state index in [9.17, 15) is 0 Å². The SMILES string of the molecule is Clc1ccc(CNc2ccccc2Cl)cc1Cl. The number of nitrogens with one attached hydrogen (secondary N) is 1. The van der Waals surface area contributed by atoms with Gasteiger partial charge in [-0.2, -0.15) is 0 Å². The fourth-order valence-electron chi connectivity index (χ4n) is 1.45. The Morgan fingerprint density at radius 3 is 2.29 bits per heavy atom. The van der Waals surface area contributed by atoms with Crippen LogP contribution in [0.2, 0.25) is 15.1 Å². The van der Waals surface area contributed by atoms with E-state index in [4.69, 9.17) is 34.8 Å². The van der Waals surface area contributed by atoms with Gasteiger partial charge in [-0.15, -0.1) is 0 Å². The zero-order valence-electron chi connectivity index (χ0n) is 8.88. The Balaban J connectivity index is 2.08. The molecule has 4 heteroatoms. The minimum atomic E-state index is 0.560. The van der Waals surface area contributed by atoms with Crippen molar-refractivity contribution in [2.24, 2.45) is 0 Å². The highest BCUT2D eigenvalue weighted by Crippen LogP contribution is 2.24. The lowest BCUT2D eigenvalue weighted by molar-refractivity contribution is 1.15. The molecule has 1 N–H and O–H groups in total. The summed E-state index contributed by atoms with van der Waals surface area (Å²) >= 11 is 17.8. The van der Waals surface area contributed by atoms with Crippen molar-refractivity contribution in [2.45, 2.75) is 6.54 Å². The first-order valence-corrected chi connectivity index (χ1v) is 6.22. The van der Waals surface area contributed by atoms with Gasteiger partial charge in [-0.3, -0.25) is 0 Å². The summed E-state index contributed by atoms with van der Waals surface area (Å²) in [6.45, 7) is 0.653. The molecular formula is C13H10Cl3N. The predicted molar refractivity (Wildman–Crippen MR) is 75.2 cm³/mol. The van der Waals surface area contributed by atoms with E-state index in [1.807, 2.05) is 36.4 Å². The molecule has 0 atom stereocenters. The molecule has 2 rings (SSSR count). The number of rotatable bonds is 3. The van der Waals surface area contributed by atoms with Gasteiger partial charge in [-0.1, -0.05) is 53.0 Å².